The van der Waals surface area contributed by atoms with E-state index in [0.717, 1.165) is 0 Å². The van der Waals surface area contributed by atoms with Crippen molar-refractivity contribution in [2.24, 2.45) is 15.3 Å². The maximum absolute atomic E-state index is 11.0. The van der Waals surface area contributed by atoms with Gasteiger partial charge in [0, 0.05) is 17.0 Å². The Hall–Kier alpha value is -2.31. The van der Waals surface area contributed by atoms with Crippen molar-refractivity contribution in [2.75, 3.05) is 0 Å². The first-order valence-corrected chi connectivity index (χ1v) is 3.73. The Bertz CT molecular complexity index is 418. The fourth-order valence-electron chi connectivity index (χ4n) is 1.12. The number of fused-ring (bicyclic) bond motifs is 1. The minimum absolute atomic E-state index is 0.0256. The zero-order valence-electron chi connectivity index (χ0n) is 6.89. The van der Waals surface area contributed by atoms with Crippen molar-refractivity contribution in [3.05, 3.63) is 28.5 Å². The molecule has 0 unspecified atom stereocenters. The van der Waals surface area contributed by atoms with Crippen LogP contribution in [0.2, 0.25) is 0 Å². The normalized spacial score (nSPS) is 17.9. The van der Waals surface area contributed by atoms with E-state index in [1.165, 1.54) is 12.4 Å². The van der Waals surface area contributed by atoms with Gasteiger partial charge in [-0.3, -0.25) is 10.2 Å². The van der Waals surface area contributed by atoms with Crippen LogP contribution in [-0.2, 0) is 4.79 Å². The summed E-state index contributed by atoms with van der Waals surface area (Å²) < 4.78 is 0. The second-order valence-corrected chi connectivity index (χ2v) is 2.51. The zero-order chi connectivity index (χ0) is 9.97. The Labute approximate surface area is 78.2 Å². The van der Waals surface area contributed by atoms with E-state index in [1.807, 2.05) is 0 Å². The van der Waals surface area contributed by atoms with Crippen LogP contribution < -0.4 is 11.0 Å². The molecule has 0 aromatic rings. The predicted molar refractivity (Wildman–Crippen MR) is 49.2 cm³/mol. The molecule has 2 rings (SSSR count). The maximum atomic E-state index is 11.0. The lowest BCUT2D eigenvalue weighted by atomic mass is 10.1. The lowest BCUT2D eigenvalue weighted by Gasteiger charge is -2.04. The number of carbonyl (C=O) groups excluding carboxylic acids is 1. The van der Waals surface area contributed by atoms with Crippen molar-refractivity contribution in [3.8, 4) is 0 Å². The standard InChI is InChI=1S/C7H5N5O2/c13-7(11-14)6-4-1-2-9-12-10-5(4)3-8-6/h1-3,10,12H. The first-order valence-electron chi connectivity index (χ1n) is 3.73. The highest BCUT2D eigenvalue weighted by molar-refractivity contribution is 6.47. The van der Waals surface area contributed by atoms with Crippen LogP contribution in [-0.4, -0.2) is 17.8 Å². The van der Waals surface area contributed by atoms with E-state index in [-0.39, 0.29) is 5.71 Å². The van der Waals surface area contributed by atoms with E-state index in [4.69, 9.17) is 0 Å². The molecule has 7 nitrogen and oxygen atoms in total. The smallest absolute Gasteiger partial charge is 0.283 e. The first kappa shape index (κ1) is 8.30. The molecule has 0 saturated heterocycles. The van der Waals surface area contributed by atoms with Gasteiger partial charge in [-0.25, -0.2) is 10.5 Å². The summed E-state index contributed by atoms with van der Waals surface area (Å²) in [6.07, 6.45) is 4.43. The van der Waals surface area contributed by atoms with E-state index in [0.29, 0.717) is 11.3 Å². The SMILES string of the molecule is O=NC(=O)C1=NC=C2NNN=CC=C21. The van der Waals surface area contributed by atoms with E-state index in [9.17, 15) is 9.70 Å². The average molecular weight is 191 g/mol. The minimum Gasteiger partial charge on any atom is -0.283 e. The van der Waals surface area contributed by atoms with Crippen LogP contribution in [0, 0.1) is 4.91 Å². The second kappa shape index (κ2) is 3.21. The summed E-state index contributed by atoms with van der Waals surface area (Å²) in [6.45, 7) is 0. The Morgan fingerprint density at radius 1 is 1.50 bits per heavy atom. The van der Waals surface area contributed by atoms with Crippen LogP contribution in [0.3, 0.4) is 0 Å². The number of amides is 1. The molecule has 0 fully saturated rings. The summed E-state index contributed by atoms with van der Waals surface area (Å²) in [4.78, 5) is 24.8. The Morgan fingerprint density at radius 2 is 2.36 bits per heavy atom. The molecule has 0 atom stereocenters. The van der Waals surface area contributed by atoms with Gasteiger partial charge in [-0.2, -0.15) is 5.10 Å². The quantitative estimate of drug-likeness (QED) is 0.551. The van der Waals surface area contributed by atoms with Crippen LogP contribution in [0.1, 0.15) is 0 Å². The summed E-state index contributed by atoms with van der Waals surface area (Å²) in [6, 6.07) is 0. The van der Waals surface area contributed by atoms with E-state index >= 15 is 0 Å². The van der Waals surface area contributed by atoms with Crippen molar-refractivity contribution in [2.45, 2.75) is 0 Å². The molecule has 0 saturated carbocycles. The second-order valence-electron chi connectivity index (χ2n) is 2.51. The van der Waals surface area contributed by atoms with E-state index in [1.54, 1.807) is 6.08 Å². The van der Waals surface area contributed by atoms with Gasteiger partial charge in [0.1, 0.15) is 5.71 Å². The Morgan fingerprint density at radius 3 is 3.14 bits per heavy atom. The molecule has 0 radical (unpaired) electrons. The third-order valence-electron chi connectivity index (χ3n) is 1.72. The maximum Gasteiger partial charge on any atom is 0.335 e. The third kappa shape index (κ3) is 1.20. The number of carbonyl (C=O) groups is 1. The number of aliphatic imine (C=N–C) groups is 1. The lowest BCUT2D eigenvalue weighted by Crippen LogP contribution is -2.26. The monoisotopic (exact) mass is 191 g/mol. The summed E-state index contributed by atoms with van der Waals surface area (Å²) in [5.74, 6) is -0.889. The molecule has 2 aliphatic rings. The van der Waals surface area contributed by atoms with Crippen molar-refractivity contribution in [1.29, 1.82) is 0 Å². The Kier molecular flexibility index (Phi) is 1.90. The highest BCUT2D eigenvalue weighted by Gasteiger charge is 2.24. The number of allylic oxidation sites excluding steroid dienone is 2. The molecule has 1 amide bonds. The number of hydrazine groups is 1. The summed E-state index contributed by atoms with van der Waals surface area (Å²) in [5, 5.41) is 6.00. The van der Waals surface area contributed by atoms with Crippen LogP contribution in [0.25, 0.3) is 0 Å². The molecular weight excluding hydrogens is 186 g/mol. The predicted octanol–water partition coefficient (Wildman–Crippen LogP) is -0.405. The van der Waals surface area contributed by atoms with Crippen LogP contribution in [0.15, 0.2) is 38.8 Å². The number of rotatable bonds is 1. The lowest BCUT2D eigenvalue weighted by molar-refractivity contribution is -0.111. The molecule has 0 aromatic carbocycles. The molecule has 0 spiro atoms. The molecule has 0 aromatic heterocycles. The zero-order valence-corrected chi connectivity index (χ0v) is 6.89. The van der Waals surface area contributed by atoms with Crippen LogP contribution >= 0.6 is 0 Å². The third-order valence-corrected chi connectivity index (χ3v) is 1.72. The van der Waals surface area contributed by atoms with Gasteiger partial charge >= 0.3 is 5.91 Å². The van der Waals surface area contributed by atoms with Gasteiger partial charge in [-0.1, -0.05) is 0 Å². The molecule has 14 heavy (non-hydrogen) atoms. The number of nitroso groups, excluding NO2 is 1. The van der Waals surface area contributed by atoms with Crippen molar-refractivity contribution in [3.63, 3.8) is 0 Å². The highest BCUT2D eigenvalue weighted by atomic mass is 16.3. The van der Waals surface area contributed by atoms with Gasteiger partial charge in [-0.15, -0.1) is 4.91 Å². The van der Waals surface area contributed by atoms with E-state index < -0.39 is 5.91 Å². The number of nitrogens with zero attached hydrogens (tertiary/aromatic N) is 3. The van der Waals surface area contributed by atoms with Gasteiger partial charge in [-0.05, 0) is 6.08 Å². The van der Waals surface area contributed by atoms with Crippen LogP contribution in [0.4, 0.5) is 0 Å². The van der Waals surface area contributed by atoms with Crippen molar-refractivity contribution >= 4 is 17.8 Å². The first-order chi connectivity index (χ1) is 6.83. The molecule has 0 aliphatic carbocycles. The largest absolute Gasteiger partial charge is 0.335 e. The number of hydrogen-bond donors (Lipinski definition) is 2. The van der Waals surface area contributed by atoms with Crippen molar-refractivity contribution < 1.29 is 4.79 Å². The van der Waals surface area contributed by atoms with Gasteiger partial charge in [0.25, 0.3) is 0 Å². The van der Waals surface area contributed by atoms with E-state index in [2.05, 4.69) is 26.2 Å². The average Bonchev–Trinajstić information content (AvgIpc) is 2.46. The number of hydrazone groups is 1. The number of nitrogens with one attached hydrogen (secondary N) is 2. The van der Waals surface area contributed by atoms with Gasteiger partial charge in [0.15, 0.2) is 0 Å². The van der Waals surface area contributed by atoms with Gasteiger partial charge in [0.05, 0.1) is 11.9 Å². The highest BCUT2D eigenvalue weighted by Crippen LogP contribution is 2.17. The summed E-state index contributed by atoms with van der Waals surface area (Å²) in [7, 11) is 0. The molecule has 2 N–H and O–H groups in total. The molecule has 70 valence electrons. The molecule has 7 heteroatoms. The molecule has 2 aliphatic heterocycles. The topological polar surface area (TPSA) is 95.3 Å². The molecular formula is C7H5N5O2. The minimum atomic E-state index is -0.889. The molecule has 2 heterocycles. The Balaban J connectivity index is 2.35. The van der Waals surface area contributed by atoms with Gasteiger partial charge < -0.3 is 0 Å². The summed E-state index contributed by atoms with van der Waals surface area (Å²) >= 11 is 0. The van der Waals surface area contributed by atoms with Crippen LogP contribution in [0.5, 0.6) is 0 Å². The van der Waals surface area contributed by atoms with Gasteiger partial charge in [0.2, 0.25) is 0 Å². The fraction of sp³-hybridized carbons (Fsp3) is 0. The number of hydrogen-bond acceptors (Lipinski definition) is 6. The summed E-state index contributed by atoms with van der Waals surface area (Å²) in [5.41, 5.74) is 6.30. The fourth-order valence-corrected chi connectivity index (χ4v) is 1.12. The van der Waals surface area contributed by atoms with Crippen molar-refractivity contribution in [1.82, 2.24) is 11.0 Å². The molecule has 0 bridgehead atoms.